The van der Waals surface area contributed by atoms with Crippen molar-refractivity contribution in [3.63, 3.8) is 0 Å². The first kappa shape index (κ1) is 29.6. The van der Waals surface area contributed by atoms with E-state index in [1.165, 1.54) is 6.07 Å². The standard InChI is InChI=1S/C30H33FN4O2S.C2H6/c1-18-12-21(19(2)33-25-8-6-7-9-27(25)38-5)22-15-26(34(4)29(36)23(22)13-18)20-14-24(31)28(32-16-20)35-11-10-30(3,37)17-35;1-2/h6-9,12-16,19,33,37H,10-11,17H2,1-5H3;1-2H3/t19-,30?;/m1./s1. The highest BCUT2D eigenvalue weighted by Crippen LogP contribution is 2.34. The van der Waals surface area contributed by atoms with Crippen molar-refractivity contribution in [2.45, 2.75) is 57.6 Å². The Labute approximate surface area is 240 Å². The minimum Gasteiger partial charge on any atom is -0.388 e. The normalized spacial score (nSPS) is 17.5. The maximum atomic E-state index is 15.3. The first-order chi connectivity index (χ1) is 19.1. The molecule has 1 aliphatic rings. The number of fused-ring (bicyclic) bond motifs is 1. The smallest absolute Gasteiger partial charge is 0.258 e. The van der Waals surface area contributed by atoms with Crippen LogP contribution in [0.15, 0.2) is 64.4 Å². The number of anilines is 2. The van der Waals surface area contributed by atoms with Gasteiger partial charge in [0.1, 0.15) is 0 Å². The summed E-state index contributed by atoms with van der Waals surface area (Å²) in [6.45, 7) is 10.7. The molecule has 4 aromatic rings. The Hall–Kier alpha value is -3.36. The molecule has 0 spiro atoms. The summed E-state index contributed by atoms with van der Waals surface area (Å²) < 4.78 is 16.8. The Bertz CT molecular complexity index is 1580. The lowest BCUT2D eigenvalue weighted by atomic mass is 9.96. The van der Waals surface area contributed by atoms with E-state index in [9.17, 15) is 9.90 Å². The molecule has 0 saturated carbocycles. The number of hydrogen-bond donors (Lipinski definition) is 2. The van der Waals surface area contributed by atoms with Crippen LogP contribution in [0, 0.1) is 12.7 Å². The van der Waals surface area contributed by atoms with Crippen LogP contribution in [0.3, 0.4) is 0 Å². The summed E-state index contributed by atoms with van der Waals surface area (Å²) in [7, 11) is 1.71. The second kappa shape index (κ2) is 12.0. The van der Waals surface area contributed by atoms with Crippen molar-refractivity contribution in [1.29, 1.82) is 0 Å². The van der Waals surface area contributed by atoms with Crippen LogP contribution in [0.5, 0.6) is 0 Å². The van der Waals surface area contributed by atoms with Crippen LogP contribution >= 0.6 is 11.8 Å². The van der Waals surface area contributed by atoms with Gasteiger partial charge in [-0.1, -0.05) is 32.0 Å². The molecule has 0 aliphatic carbocycles. The Balaban J connectivity index is 0.00000181. The SMILES string of the molecule is CC.CSc1ccccc1N[C@H](C)c1cc(C)cc2c(=O)n(C)c(-c3cnc(N4CCC(C)(O)C4)c(F)c3)cc12. The molecule has 1 saturated heterocycles. The molecule has 8 heteroatoms. The molecule has 0 bridgehead atoms. The summed E-state index contributed by atoms with van der Waals surface area (Å²) >= 11 is 1.68. The zero-order valence-electron chi connectivity index (χ0n) is 24.4. The number of nitrogens with one attached hydrogen (secondary N) is 1. The fraction of sp³-hybridized carbons (Fsp3) is 0.375. The molecule has 0 radical (unpaired) electrons. The highest BCUT2D eigenvalue weighted by molar-refractivity contribution is 7.98. The summed E-state index contributed by atoms with van der Waals surface area (Å²) in [5.74, 6) is -0.250. The second-order valence-electron chi connectivity index (χ2n) is 10.5. The summed E-state index contributed by atoms with van der Waals surface area (Å²) in [6, 6.07) is 15.5. The average molecular weight is 563 g/mol. The summed E-state index contributed by atoms with van der Waals surface area (Å²) in [5, 5.41) is 15.4. The number of halogens is 1. The molecule has 1 aliphatic heterocycles. The van der Waals surface area contributed by atoms with Crippen LogP contribution in [0.4, 0.5) is 15.9 Å². The minimum absolute atomic E-state index is 0.0779. The largest absolute Gasteiger partial charge is 0.388 e. The Morgan fingerprint density at radius 3 is 2.52 bits per heavy atom. The molecule has 6 nitrogen and oxygen atoms in total. The molecular weight excluding hydrogens is 523 g/mol. The number of rotatable bonds is 6. The van der Waals surface area contributed by atoms with E-state index in [1.807, 2.05) is 51.3 Å². The van der Waals surface area contributed by atoms with Crippen molar-refractivity contribution in [3.8, 4) is 11.3 Å². The molecule has 3 heterocycles. The highest BCUT2D eigenvalue weighted by atomic mass is 32.2. The summed E-state index contributed by atoms with van der Waals surface area (Å²) in [5.41, 5.74) is 3.16. The molecule has 5 rings (SSSR count). The van der Waals surface area contributed by atoms with E-state index in [0.29, 0.717) is 36.2 Å². The van der Waals surface area contributed by atoms with Crippen LogP contribution in [-0.4, -0.2) is 39.6 Å². The number of para-hydroxylation sites is 1. The van der Waals surface area contributed by atoms with Gasteiger partial charge < -0.3 is 19.9 Å². The van der Waals surface area contributed by atoms with Gasteiger partial charge in [-0.2, -0.15) is 0 Å². The summed E-state index contributed by atoms with van der Waals surface area (Å²) in [4.78, 5) is 20.8. The minimum atomic E-state index is -0.857. The number of benzene rings is 2. The number of aromatic nitrogens is 2. The number of aliphatic hydroxyl groups is 1. The Kier molecular flexibility index (Phi) is 8.90. The van der Waals surface area contributed by atoms with Gasteiger partial charge in [0.2, 0.25) is 0 Å². The number of β-amino-alcohol motifs (C(OH)–C–C–N with tert-alkyl or cyclic N) is 1. The lowest BCUT2D eigenvalue weighted by Gasteiger charge is -2.22. The molecule has 1 fully saturated rings. The number of nitrogens with zero attached hydrogens (tertiary/aromatic N) is 3. The molecule has 40 heavy (non-hydrogen) atoms. The van der Waals surface area contributed by atoms with E-state index in [2.05, 4.69) is 35.4 Å². The number of aryl methyl sites for hydroxylation is 1. The van der Waals surface area contributed by atoms with Gasteiger partial charge in [-0.15, -0.1) is 11.8 Å². The summed E-state index contributed by atoms with van der Waals surface area (Å²) in [6.07, 6.45) is 4.22. The number of hydrogen-bond acceptors (Lipinski definition) is 6. The van der Waals surface area contributed by atoms with Crippen LogP contribution < -0.4 is 15.8 Å². The van der Waals surface area contributed by atoms with E-state index in [1.54, 1.807) is 41.4 Å². The van der Waals surface area contributed by atoms with Gasteiger partial charge in [-0.3, -0.25) is 4.79 Å². The van der Waals surface area contributed by atoms with Crippen LogP contribution in [0.25, 0.3) is 22.0 Å². The fourth-order valence-electron chi connectivity index (χ4n) is 5.33. The van der Waals surface area contributed by atoms with E-state index in [0.717, 1.165) is 27.1 Å². The monoisotopic (exact) mass is 562 g/mol. The topological polar surface area (TPSA) is 70.4 Å². The third-order valence-electron chi connectivity index (χ3n) is 7.35. The fourth-order valence-corrected chi connectivity index (χ4v) is 5.89. The molecular formula is C32H39FN4O2S. The third-order valence-corrected chi connectivity index (χ3v) is 8.14. The van der Waals surface area contributed by atoms with Gasteiger partial charge in [0.05, 0.1) is 11.3 Å². The quantitative estimate of drug-likeness (QED) is 0.248. The van der Waals surface area contributed by atoms with Crippen molar-refractivity contribution in [3.05, 3.63) is 82.0 Å². The van der Waals surface area contributed by atoms with Crippen molar-refractivity contribution >= 4 is 34.0 Å². The third kappa shape index (κ3) is 5.88. The van der Waals surface area contributed by atoms with E-state index >= 15 is 4.39 Å². The van der Waals surface area contributed by atoms with Crippen molar-refractivity contribution in [2.75, 3.05) is 29.6 Å². The zero-order chi connectivity index (χ0) is 29.2. The van der Waals surface area contributed by atoms with Gasteiger partial charge in [0.25, 0.3) is 5.56 Å². The van der Waals surface area contributed by atoms with E-state index in [-0.39, 0.29) is 17.4 Å². The van der Waals surface area contributed by atoms with E-state index < -0.39 is 11.4 Å². The van der Waals surface area contributed by atoms with Gasteiger partial charge in [0.15, 0.2) is 11.6 Å². The maximum Gasteiger partial charge on any atom is 0.258 e. The molecule has 2 atom stereocenters. The number of pyridine rings is 2. The maximum absolute atomic E-state index is 15.3. The average Bonchev–Trinajstić information content (AvgIpc) is 3.31. The molecule has 212 valence electrons. The van der Waals surface area contributed by atoms with E-state index in [4.69, 9.17) is 0 Å². The van der Waals surface area contributed by atoms with Crippen molar-refractivity contribution < 1.29 is 9.50 Å². The zero-order valence-corrected chi connectivity index (χ0v) is 25.2. The second-order valence-corrected chi connectivity index (χ2v) is 11.3. The Morgan fingerprint density at radius 1 is 1.15 bits per heavy atom. The van der Waals surface area contributed by atoms with Crippen molar-refractivity contribution in [2.24, 2.45) is 7.05 Å². The molecule has 2 N–H and O–H groups in total. The first-order valence-electron chi connectivity index (χ1n) is 13.7. The first-order valence-corrected chi connectivity index (χ1v) is 15.0. The van der Waals surface area contributed by atoms with Crippen LogP contribution in [0.1, 0.15) is 51.3 Å². The molecule has 2 aromatic heterocycles. The predicted octanol–water partition coefficient (Wildman–Crippen LogP) is 6.93. The van der Waals surface area contributed by atoms with Crippen molar-refractivity contribution in [1.82, 2.24) is 9.55 Å². The van der Waals surface area contributed by atoms with Crippen LogP contribution in [-0.2, 0) is 7.05 Å². The lowest BCUT2D eigenvalue weighted by molar-refractivity contribution is 0.0838. The Morgan fingerprint density at radius 2 is 1.88 bits per heavy atom. The molecule has 0 amide bonds. The van der Waals surface area contributed by atoms with Gasteiger partial charge in [-0.25, -0.2) is 9.37 Å². The van der Waals surface area contributed by atoms with Crippen LogP contribution in [0.2, 0.25) is 0 Å². The van der Waals surface area contributed by atoms with Gasteiger partial charge in [-0.05, 0) is 80.3 Å². The predicted molar refractivity (Wildman–Crippen MR) is 166 cm³/mol. The van der Waals surface area contributed by atoms with Gasteiger partial charge in [0, 0.05) is 53.9 Å². The lowest BCUT2D eigenvalue weighted by Crippen LogP contribution is -2.30. The number of thioether (sulfide) groups is 1. The van der Waals surface area contributed by atoms with Gasteiger partial charge >= 0.3 is 0 Å². The molecule has 2 aromatic carbocycles. The highest BCUT2D eigenvalue weighted by Gasteiger charge is 2.33. The molecule has 1 unspecified atom stereocenters.